The SMILES string of the molecule is Cc1cc(NC(=O)C2(N(C)C)CCOc3ccccc32)nn1CCC#N. The highest BCUT2D eigenvalue weighted by atomic mass is 16.5. The first kappa shape index (κ1) is 18.0. The third kappa shape index (κ3) is 3.04. The van der Waals surface area contributed by atoms with Gasteiger partial charge in [-0.15, -0.1) is 0 Å². The second-order valence-corrected chi connectivity index (χ2v) is 6.61. The lowest BCUT2D eigenvalue weighted by Gasteiger charge is -2.42. The molecule has 7 heteroatoms. The summed E-state index contributed by atoms with van der Waals surface area (Å²) in [5.41, 5.74) is 0.940. The normalized spacial score (nSPS) is 18.7. The molecule has 1 aromatic heterocycles. The molecule has 0 radical (unpaired) electrons. The number of aryl methyl sites for hydroxylation is 2. The molecule has 0 fully saturated rings. The van der Waals surface area contributed by atoms with Crippen LogP contribution in [0.2, 0.25) is 0 Å². The lowest BCUT2D eigenvalue weighted by molar-refractivity contribution is -0.129. The number of para-hydroxylation sites is 1. The minimum absolute atomic E-state index is 0.136. The van der Waals surface area contributed by atoms with Crippen molar-refractivity contribution in [3.8, 4) is 11.8 Å². The summed E-state index contributed by atoms with van der Waals surface area (Å²) in [5, 5.41) is 16.1. The molecule has 1 atom stereocenters. The Morgan fingerprint density at radius 3 is 2.96 bits per heavy atom. The van der Waals surface area contributed by atoms with E-state index in [1.165, 1.54) is 0 Å². The number of hydrogen-bond donors (Lipinski definition) is 1. The van der Waals surface area contributed by atoms with E-state index in [0.717, 1.165) is 17.0 Å². The van der Waals surface area contributed by atoms with Crippen LogP contribution in [0.25, 0.3) is 0 Å². The number of nitrogens with one attached hydrogen (secondary N) is 1. The first-order chi connectivity index (χ1) is 12.5. The fourth-order valence-electron chi connectivity index (χ4n) is 3.45. The van der Waals surface area contributed by atoms with E-state index in [9.17, 15) is 4.79 Å². The molecule has 136 valence electrons. The van der Waals surface area contributed by atoms with Crippen molar-refractivity contribution >= 4 is 11.7 Å². The monoisotopic (exact) mass is 353 g/mol. The topological polar surface area (TPSA) is 83.2 Å². The summed E-state index contributed by atoms with van der Waals surface area (Å²) in [4.78, 5) is 15.3. The minimum atomic E-state index is -0.820. The zero-order valence-corrected chi connectivity index (χ0v) is 15.3. The number of fused-ring (bicyclic) bond motifs is 1. The van der Waals surface area contributed by atoms with Crippen LogP contribution < -0.4 is 10.1 Å². The van der Waals surface area contributed by atoms with Crippen molar-refractivity contribution < 1.29 is 9.53 Å². The number of carbonyl (C=O) groups is 1. The van der Waals surface area contributed by atoms with Crippen molar-refractivity contribution in [1.82, 2.24) is 14.7 Å². The highest BCUT2D eigenvalue weighted by Gasteiger charge is 2.46. The van der Waals surface area contributed by atoms with Crippen molar-refractivity contribution in [2.75, 3.05) is 26.0 Å². The number of benzene rings is 1. The lowest BCUT2D eigenvalue weighted by Crippen LogP contribution is -2.53. The second kappa shape index (κ2) is 7.18. The Labute approximate surface area is 153 Å². The van der Waals surface area contributed by atoms with Gasteiger partial charge < -0.3 is 10.1 Å². The molecule has 7 nitrogen and oxygen atoms in total. The molecule has 3 rings (SSSR count). The van der Waals surface area contributed by atoms with Crippen LogP contribution in [0.3, 0.4) is 0 Å². The average molecular weight is 353 g/mol. The third-order valence-corrected chi connectivity index (χ3v) is 4.85. The van der Waals surface area contributed by atoms with Gasteiger partial charge in [0.2, 0.25) is 0 Å². The van der Waals surface area contributed by atoms with Gasteiger partial charge in [-0.05, 0) is 27.1 Å². The van der Waals surface area contributed by atoms with Crippen LogP contribution >= 0.6 is 0 Å². The molecule has 0 bridgehead atoms. The molecule has 2 heterocycles. The van der Waals surface area contributed by atoms with Crippen molar-refractivity contribution in [3.05, 3.63) is 41.6 Å². The van der Waals surface area contributed by atoms with E-state index in [1.54, 1.807) is 4.68 Å². The van der Waals surface area contributed by atoms with Gasteiger partial charge in [-0.1, -0.05) is 18.2 Å². The standard InChI is InChI=1S/C19H23N5O2/c1-14-13-17(22-24(14)11-6-10-20)21-18(25)19(23(2)3)9-12-26-16-8-5-4-7-15(16)19/h4-5,7-8,13H,6,9,11-12H2,1-3H3,(H,21,22,25). The number of carbonyl (C=O) groups excluding carboxylic acids is 1. The summed E-state index contributed by atoms with van der Waals surface area (Å²) < 4.78 is 7.47. The maximum atomic E-state index is 13.3. The number of hydrogen-bond acceptors (Lipinski definition) is 5. The zero-order chi connectivity index (χ0) is 18.7. The van der Waals surface area contributed by atoms with Crippen LogP contribution in [-0.2, 0) is 16.9 Å². The molecule has 0 spiro atoms. The number of ether oxygens (including phenoxy) is 1. The highest BCUT2D eigenvalue weighted by molar-refractivity contribution is 5.99. The molecule has 1 N–H and O–H groups in total. The Morgan fingerprint density at radius 2 is 2.23 bits per heavy atom. The molecule has 2 aromatic rings. The molecular formula is C19H23N5O2. The van der Waals surface area contributed by atoms with Crippen molar-refractivity contribution in [2.45, 2.75) is 31.8 Å². The minimum Gasteiger partial charge on any atom is -0.493 e. The molecule has 0 aliphatic carbocycles. The summed E-state index contributed by atoms with van der Waals surface area (Å²) >= 11 is 0. The Kier molecular flexibility index (Phi) is 4.96. The fourth-order valence-corrected chi connectivity index (χ4v) is 3.45. The van der Waals surface area contributed by atoms with Crippen LogP contribution in [0.1, 0.15) is 24.1 Å². The van der Waals surface area contributed by atoms with E-state index < -0.39 is 5.54 Å². The van der Waals surface area contributed by atoms with E-state index in [4.69, 9.17) is 10.00 Å². The first-order valence-electron chi connectivity index (χ1n) is 8.61. The van der Waals surface area contributed by atoms with Gasteiger partial charge in [0.25, 0.3) is 5.91 Å². The first-order valence-corrected chi connectivity index (χ1v) is 8.61. The number of amides is 1. The summed E-state index contributed by atoms with van der Waals surface area (Å²) in [5.74, 6) is 1.09. The van der Waals surface area contributed by atoms with Crippen LogP contribution in [0.4, 0.5) is 5.82 Å². The molecule has 1 aliphatic rings. The number of anilines is 1. The molecule has 0 saturated carbocycles. The Hall–Kier alpha value is -2.85. The van der Waals surface area contributed by atoms with Crippen molar-refractivity contribution in [3.63, 3.8) is 0 Å². The highest BCUT2D eigenvalue weighted by Crippen LogP contribution is 2.41. The zero-order valence-electron chi connectivity index (χ0n) is 15.3. The van der Waals surface area contributed by atoms with Crippen LogP contribution in [0.5, 0.6) is 5.75 Å². The largest absolute Gasteiger partial charge is 0.493 e. The van der Waals surface area contributed by atoms with E-state index in [-0.39, 0.29) is 5.91 Å². The van der Waals surface area contributed by atoms with Crippen LogP contribution in [0.15, 0.2) is 30.3 Å². The van der Waals surface area contributed by atoms with Crippen LogP contribution in [0, 0.1) is 18.3 Å². The van der Waals surface area contributed by atoms with Gasteiger partial charge in [-0.2, -0.15) is 10.4 Å². The summed E-state index contributed by atoms with van der Waals surface area (Å²) in [6.45, 7) is 2.89. The van der Waals surface area contributed by atoms with Gasteiger partial charge in [-0.25, -0.2) is 0 Å². The second-order valence-electron chi connectivity index (χ2n) is 6.61. The average Bonchev–Trinajstić information content (AvgIpc) is 2.98. The van der Waals surface area contributed by atoms with Gasteiger partial charge in [-0.3, -0.25) is 14.4 Å². The maximum absolute atomic E-state index is 13.3. The summed E-state index contributed by atoms with van der Waals surface area (Å²) in [6.07, 6.45) is 0.930. The van der Waals surface area contributed by atoms with Crippen molar-refractivity contribution in [2.24, 2.45) is 0 Å². The van der Waals surface area contributed by atoms with E-state index in [0.29, 0.717) is 31.8 Å². The molecule has 1 aliphatic heterocycles. The number of aromatic nitrogens is 2. The van der Waals surface area contributed by atoms with Gasteiger partial charge in [0.05, 0.1) is 25.6 Å². The molecule has 0 saturated heterocycles. The predicted molar refractivity (Wildman–Crippen MR) is 97.7 cm³/mol. The van der Waals surface area contributed by atoms with E-state index in [2.05, 4.69) is 16.5 Å². The number of nitriles is 1. The maximum Gasteiger partial charge on any atom is 0.250 e. The smallest absolute Gasteiger partial charge is 0.250 e. The molecular weight excluding hydrogens is 330 g/mol. The Morgan fingerprint density at radius 1 is 1.46 bits per heavy atom. The van der Waals surface area contributed by atoms with Crippen molar-refractivity contribution in [1.29, 1.82) is 5.26 Å². The molecule has 1 aromatic carbocycles. The third-order valence-electron chi connectivity index (χ3n) is 4.85. The number of nitrogens with zero attached hydrogens (tertiary/aromatic N) is 4. The number of likely N-dealkylation sites (N-methyl/N-ethyl adjacent to an activating group) is 1. The number of rotatable bonds is 5. The summed E-state index contributed by atoms with van der Waals surface area (Å²) in [6, 6.07) is 11.6. The Bertz CT molecular complexity index is 852. The van der Waals surface area contributed by atoms with Gasteiger partial charge in [0, 0.05) is 23.7 Å². The van der Waals surface area contributed by atoms with Crippen LogP contribution in [-0.4, -0.2) is 41.3 Å². The molecule has 1 unspecified atom stereocenters. The van der Waals surface area contributed by atoms with Gasteiger partial charge in [0.1, 0.15) is 11.3 Å². The molecule has 1 amide bonds. The van der Waals surface area contributed by atoms with E-state index >= 15 is 0 Å². The quantitative estimate of drug-likeness (QED) is 0.892. The molecule has 26 heavy (non-hydrogen) atoms. The van der Waals surface area contributed by atoms with Gasteiger partial charge >= 0.3 is 0 Å². The lowest BCUT2D eigenvalue weighted by atomic mass is 9.82. The fraction of sp³-hybridized carbons (Fsp3) is 0.421. The van der Waals surface area contributed by atoms with Gasteiger partial charge in [0.15, 0.2) is 5.82 Å². The predicted octanol–water partition coefficient (Wildman–Crippen LogP) is 2.28. The summed E-state index contributed by atoms with van der Waals surface area (Å²) in [7, 11) is 3.80. The van der Waals surface area contributed by atoms with E-state index in [1.807, 2.05) is 56.3 Å². The Balaban J connectivity index is 1.91.